The standard InChI is InChI=1S/C14H17F3N2O2/c15-14(16,17)21-12-5-3-11(4-6-12)19-13(20)8-10-2-1-7-18-9-10/h3-6,10,18H,1-2,7-9H2,(H,19,20). The van der Waals surface area contributed by atoms with Crippen molar-refractivity contribution in [1.82, 2.24) is 5.32 Å². The molecule has 1 unspecified atom stereocenters. The molecule has 1 atom stereocenters. The minimum absolute atomic E-state index is 0.131. The van der Waals surface area contributed by atoms with Crippen LogP contribution in [0.3, 0.4) is 0 Å². The second-order valence-corrected chi connectivity index (χ2v) is 5.04. The van der Waals surface area contributed by atoms with Crippen LogP contribution in [-0.4, -0.2) is 25.4 Å². The number of anilines is 1. The summed E-state index contributed by atoms with van der Waals surface area (Å²) in [5.74, 6) is -0.128. The average Bonchev–Trinajstić information content (AvgIpc) is 2.40. The van der Waals surface area contributed by atoms with E-state index in [4.69, 9.17) is 0 Å². The minimum atomic E-state index is -4.71. The molecule has 7 heteroatoms. The van der Waals surface area contributed by atoms with Gasteiger partial charge >= 0.3 is 6.36 Å². The third kappa shape index (κ3) is 5.63. The first kappa shape index (κ1) is 15.6. The Morgan fingerprint density at radius 3 is 2.62 bits per heavy atom. The molecule has 0 radical (unpaired) electrons. The third-order valence-corrected chi connectivity index (χ3v) is 3.24. The molecule has 0 aromatic heterocycles. The lowest BCUT2D eigenvalue weighted by atomic mass is 9.96. The Bertz CT molecular complexity index is 468. The van der Waals surface area contributed by atoms with Crippen molar-refractivity contribution in [3.8, 4) is 5.75 Å². The van der Waals surface area contributed by atoms with Gasteiger partial charge in [0.15, 0.2) is 0 Å². The zero-order chi connectivity index (χ0) is 15.3. The van der Waals surface area contributed by atoms with Gasteiger partial charge in [-0.05, 0) is 56.1 Å². The van der Waals surface area contributed by atoms with Gasteiger partial charge in [0.05, 0.1) is 0 Å². The molecule has 21 heavy (non-hydrogen) atoms. The summed E-state index contributed by atoms with van der Waals surface area (Å²) in [4.78, 5) is 11.8. The molecule has 1 aliphatic heterocycles. The number of ether oxygens (including phenoxy) is 1. The third-order valence-electron chi connectivity index (χ3n) is 3.24. The van der Waals surface area contributed by atoms with Crippen molar-refractivity contribution in [3.05, 3.63) is 24.3 Å². The molecule has 2 rings (SSSR count). The molecule has 1 aromatic rings. The summed E-state index contributed by atoms with van der Waals surface area (Å²) in [6.45, 7) is 1.81. The first-order valence-electron chi connectivity index (χ1n) is 6.79. The highest BCUT2D eigenvalue weighted by Gasteiger charge is 2.30. The number of carbonyl (C=O) groups is 1. The van der Waals surface area contributed by atoms with Gasteiger partial charge in [-0.25, -0.2) is 0 Å². The van der Waals surface area contributed by atoms with Crippen LogP contribution < -0.4 is 15.4 Å². The van der Waals surface area contributed by atoms with Gasteiger partial charge in [0.25, 0.3) is 0 Å². The number of alkyl halides is 3. The van der Waals surface area contributed by atoms with Gasteiger partial charge in [-0.1, -0.05) is 0 Å². The molecular weight excluding hydrogens is 285 g/mol. The molecule has 1 amide bonds. The molecule has 0 saturated carbocycles. The van der Waals surface area contributed by atoms with Crippen LogP contribution in [0.5, 0.6) is 5.75 Å². The summed E-state index contributed by atoms with van der Waals surface area (Å²) in [5, 5.41) is 5.91. The van der Waals surface area contributed by atoms with Crippen molar-refractivity contribution in [2.75, 3.05) is 18.4 Å². The van der Waals surface area contributed by atoms with Crippen LogP contribution >= 0.6 is 0 Å². The molecule has 1 fully saturated rings. The van der Waals surface area contributed by atoms with Crippen LogP contribution in [0.25, 0.3) is 0 Å². The Kier molecular flexibility index (Phi) is 5.06. The highest BCUT2D eigenvalue weighted by molar-refractivity contribution is 5.90. The van der Waals surface area contributed by atoms with Crippen LogP contribution in [0.4, 0.5) is 18.9 Å². The van der Waals surface area contributed by atoms with Crippen LogP contribution in [0.1, 0.15) is 19.3 Å². The molecule has 0 spiro atoms. The van der Waals surface area contributed by atoms with Crippen molar-refractivity contribution in [2.24, 2.45) is 5.92 Å². The van der Waals surface area contributed by atoms with E-state index >= 15 is 0 Å². The molecule has 1 heterocycles. The first-order chi connectivity index (χ1) is 9.92. The van der Waals surface area contributed by atoms with E-state index in [2.05, 4.69) is 15.4 Å². The Labute approximate surface area is 120 Å². The molecule has 1 aromatic carbocycles. The largest absolute Gasteiger partial charge is 0.573 e. The van der Waals surface area contributed by atoms with Gasteiger partial charge in [0.1, 0.15) is 5.75 Å². The SMILES string of the molecule is O=C(CC1CCCNC1)Nc1ccc(OC(F)(F)F)cc1. The van der Waals surface area contributed by atoms with Crippen molar-refractivity contribution < 1.29 is 22.7 Å². The lowest BCUT2D eigenvalue weighted by Gasteiger charge is -2.22. The summed E-state index contributed by atoms with van der Waals surface area (Å²) >= 11 is 0. The van der Waals surface area contributed by atoms with E-state index < -0.39 is 6.36 Å². The molecule has 4 nitrogen and oxygen atoms in total. The Morgan fingerprint density at radius 2 is 2.05 bits per heavy atom. The smallest absolute Gasteiger partial charge is 0.406 e. The molecular formula is C14H17F3N2O2. The van der Waals surface area contributed by atoms with E-state index in [1.165, 1.54) is 24.3 Å². The monoisotopic (exact) mass is 302 g/mol. The summed E-state index contributed by atoms with van der Waals surface area (Å²) < 4.78 is 39.8. The van der Waals surface area contributed by atoms with E-state index in [1.54, 1.807) is 0 Å². The summed E-state index contributed by atoms with van der Waals surface area (Å²) in [6.07, 6.45) is -2.23. The average molecular weight is 302 g/mol. The number of carbonyl (C=O) groups excluding carboxylic acids is 1. The second-order valence-electron chi connectivity index (χ2n) is 5.04. The van der Waals surface area contributed by atoms with Gasteiger partial charge in [-0.3, -0.25) is 4.79 Å². The van der Waals surface area contributed by atoms with Crippen LogP contribution in [0.2, 0.25) is 0 Å². The second kappa shape index (κ2) is 6.80. The lowest BCUT2D eigenvalue weighted by Crippen LogP contribution is -2.32. The van der Waals surface area contributed by atoms with Gasteiger partial charge in [-0.2, -0.15) is 0 Å². The number of benzene rings is 1. The zero-order valence-corrected chi connectivity index (χ0v) is 11.4. The quantitative estimate of drug-likeness (QED) is 0.899. The fourth-order valence-electron chi connectivity index (χ4n) is 2.31. The van der Waals surface area contributed by atoms with Crippen molar-refractivity contribution in [2.45, 2.75) is 25.6 Å². The Hall–Kier alpha value is -1.76. The minimum Gasteiger partial charge on any atom is -0.406 e. The number of piperidine rings is 1. The van der Waals surface area contributed by atoms with Crippen LogP contribution in [0.15, 0.2) is 24.3 Å². The number of nitrogens with one attached hydrogen (secondary N) is 2. The van der Waals surface area contributed by atoms with Crippen molar-refractivity contribution in [1.29, 1.82) is 0 Å². The molecule has 0 bridgehead atoms. The van der Waals surface area contributed by atoms with E-state index in [0.717, 1.165) is 25.9 Å². The highest BCUT2D eigenvalue weighted by atomic mass is 19.4. The molecule has 1 aliphatic rings. The number of rotatable bonds is 4. The van der Waals surface area contributed by atoms with Gasteiger partial charge in [0.2, 0.25) is 5.91 Å². The highest BCUT2D eigenvalue weighted by Crippen LogP contribution is 2.24. The van der Waals surface area contributed by atoms with E-state index in [1.807, 2.05) is 0 Å². The van der Waals surface area contributed by atoms with Gasteiger partial charge < -0.3 is 15.4 Å². The van der Waals surface area contributed by atoms with Gasteiger partial charge in [0, 0.05) is 12.1 Å². The number of hydrogen-bond donors (Lipinski definition) is 2. The molecule has 0 aliphatic carbocycles. The summed E-state index contributed by atoms with van der Waals surface area (Å²) in [5.41, 5.74) is 0.457. The van der Waals surface area contributed by atoms with Crippen molar-refractivity contribution >= 4 is 11.6 Å². The van der Waals surface area contributed by atoms with Crippen molar-refractivity contribution in [3.63, 3.8) is 0 Å². The zero-order valence-electron chi connectivity index (χ0n) is 11.4. The molecule has 1 saturated heterocycles. The lowest BCUT2D eigenvalue weighted by molar-refractivity contribution is -0.274. The topological polar surface area (TPSA) is 50.4 Å². The van der Waals surface area contributed by atoms with Crippen LogP contribution in [0, 0.1) is 5.92 Å². The maximum Gasteiger partial charge on any atom is 0.573 e. The predicted octanol–water partition coefficient (Wildman–Crippen LogP) is 2.91. The number of amides is 1. The fraction of sp³-hybridized carbons (Fsp3) is 0.500. The predicted molar refractivity (Wildman–Crippen MR) is 72.0 cm³/mol. The maximum absolute atomic E-state index is 12.0. The summed E-state index contributed by atoms with van der Waals surface area (Å²) in [7, 11) is 0. The summed E-state index contributed by atoms with van der Waals surface area (Å²) in [6, 6.07) is 5.12. The maximum atomic E-state index is 12.0. The molecule has 2 N–H and O–H groups in total. The number of hydrogen-bond acceptors (Lipinski definition) is 3. The number of halogens is 3. The molecule has 116 valence electrons. The first-order valence-corrected chi connectivity index (χ1v) is 6.79. The fourth-order valence-corrected chi connectivity index (χ4v) is 2.31. The normalized spacial score (nSPS) is 19.1. The van der Waals surface area contributed by atoms with E-state index in [-0.39, 0.29) is 11.7 Å². The Morgan fingerprint density at radius 1 is 1.33 bits per heavy atom. The van der Waals surface area contributed by atoms with E-state index in [0.29, 0.717) is 18.0 Å². The Balaban J connectivity index is 1.83. The van der Waals surface area contributed by atoms with Gasteiger partial charge in [-0.15, -0.1) is 13.2 Å². The van der Waals surface area contributed by atoms with E-state index in [9.17, 15) is 18.0 Å². The van der Waals surface area contributed by atoms with Crippen LogP contribution in [-0.2, 0) is 4.79 Å².